The number of aromatic nitrogens is 2. The Balaban J connectivity index is 1.27. The van der Waals surface area contributed by atoms with Crippen molar-refractivity contribution < 1.29 is 4.79 Å². The zero-order valence-corrected chi connectivity index (χ0v) is 16.0. The fraction of sp³-hybridized carbons (Fsp3) is 0.429. The molecule has 3 aromatic rings. The van der Waals surface area contributed by atoms with Crippen LogP contribution in [0.4, 0.5) is 5.69 Å². The molecule has 2 unspecified atom stereocenters. The van der Waals surface area contributed by atoms with Crippen LogP contribution in [0.15, 0.2) is 42.0 Å². The maximum Gasteiger partial charge on any atom is 0.227 e. The average molecular weight is 381 g/mol. The van der Waals surface area contributed by atoms with Crippen molar-refractivity contribution in [2.75, 3.05) is 5.32 Å². The topological polar surface area (TPSA) is 72.4 Å². The molecule has 5 nitrogen and oxygen atoms in total. The number of rotatable bonds is 3. The number of carbonyl (C=O) groups is 1. The molecule has 2 saturated carbocycles. The van der Waals surface area contributed by atoms with E-state index in [9.17, 15) is 4.79 Å². The van der Waals surface area contributed by atoms with Gasteiger partial charge in [-0.2, -0.15) is 0 Å². The number of imidazole rings is 1. The lowest BCUT2D eigenvalue weighted by Crippen LogP contribution is -2.48. The molecule has 2 heterocycles. The monoisotopic (exact) mass is 380 g/mol. The molecule has 5 rings (SSSR count). The van der Waals surface area contributed by atoms with Crippen LogP contribution in [-0.2, 0) is 4.79 Å². The first-order valence-corrected chi connectivity index (χ1v) is 10.6. The Morgan fingerprint density at radius 3 is 2.63 bits per heavy atom. The standard InChI is InChI=1S/C21H24N4OS/c22-19-14-2-1-3-15(19)11-16(10-14)20(26)23-17-6-4-13(5-7-17)18-12-25-8-9-27-21(25)24-18/h4-9,12,14-16,19H,1-3,10-11,22H2,(H,23,26). The molecule has 140 valence electrons. The summed E-state index contributed by atoms with van der Waals surface area (Å²) in [7, 11) is 0. The molecule has 27 heavy (non-hydrogen) atoms. The van der Waals surface area contributed by atoms with Crippen molar-refractivity contribution in [3.05, 3.63) is 42.0 Å². The van der Waals surface area contributed by atoms with Crippen LogP contribution in [0.5, 0.6) is 0 Å². The third-order valence-corrected chi connectivity index (χ3v) is 7.10. The Morgan fingerprint density at radius 2 is 1.93 bits per heavy atom. The fourth-order valence-electron chi connectivity index (χ4n) is 4.84. The van der Waals surface area contributed by atoms with Gasteiger partial charge in [0.25, 0.3) is 0 Å². The molecule has 3 N–H and O–H groups in total. The van der Waals surface area contributed by atoms with Gasteiger partial charge in [-0.15, -0.1) is 11.3 Å². The molecule has 6 heteroatoms. The van der Waals surface area contributed by atoms with Crippen molar-refractivity contribution >= 4 is 27.9 Å². The molecule has 2 aromatic heterocycles. The number of amides is 1. The van der Waals surface area contributed by atoms with Crippen molar-refractivity contribution in [1.82, 2.24) is 9.38 Å². The summed E-state index contributed by atoms with van der Waals surface area (Å²) in [5.41, 5.74) is 9.21. The van der Waals surface area contributed by atoms with Crippen LogP contribution < -0.4 is 11.1 Å². The van der Waals surface area contributed by atoms with E-state index in [1.165, 1.54) is 19.3 Å². The number of carbonyl (C=O) groups excluding carboxylic acids is 1. The van der Waals surface area contributed by atoms with E-state index < -0.39 is 0 Å². The number of hydrogen-bond acceptors (Lipinski definition) is 4. The van der Waals surface area contributed by atoms with E-state index in [0.29, 0.717) is 17.9 Å². The number of fused-ring (bicyclic) bond motifs is 3. The van der Waals surface area contributed by atoms with E-state index >= 15 is 0 Å². The van der Waals surface area contributed by atoms with Crippen LogP contribution in [-0.4, -0.2) is 21.3 Å². The first kappa shape index (κ1) is 17.0. The third kappa shape index (κ3) is 3.17. The van der Waals surface area contributed by atoms with E-state index in [2.05, 4.69) is 10.3 Å². The zero-order valence-electron chi connectivity index (χ0n) is 15.2. The maximum atomic E-state index is 12.8. The van der Waals surface area contributed by atoms with Gasteiger partial charge in [0.05, 0.1) is 5.69 Å². The minimum Gasteiger partial charge on any atom is -0.327 e. The summed E-state index contributed by atoms with van der Waals surface area (Å²) in [5.74, 6) is 1.28. The summed E-state index contributed by atoms with van der Waals surface area (Å²) in [5, 5.41) is 5.14. The minimum absolute atomic E-state index is 0.0969. The molecule has 2 aliphatic carbocycles. The molecule has 0 spiro atoms. The average Bonchev–Trinajstić information content (AvgIpc) is 3.24. The molecule has 1 amide bonds. The molecule has 0 radical (unpaired) electrons. The highest BCUT2D eigenvalue weighted by atomic mass is 32.1. The Hall–Kier alpha value is -2.18. The molecular weight excluding hydrogens is 356 g/mol. The van der Waals surface area contributed by atoms with Crippen molar-refractivity contribution in [3.8, 4) is 11.3 Å². The van der Waals surface area contributed by atoms with E-state index in [-0.39, 0.29) is 11.8 Å². The van der Waals surface area contributed by atoms with Gasteiger partial charge >= 0.3 is 0 Å². The second-order valence-electron chi connectivity index (χ2n) is 7.98. The maximum absolute atomic E-state index is 12.8. The van der Waals surface area contributed by atoms with Gasteiger partial charge in [-0.3, -0.25) is 9.20 Å². The van der Waals surface area contributed by atoms with Crippen molar-refractivity contribution in [1.29, 1.82) is 0 Å². The number of nitrogens with zero attached hydrogens (tertiary/aromatic N) is 2. The van der Waals surface area contributed by atoms with Crippen LogP contribution >= 0.6 is 11.3 Å². The van der Waals surface area contributed by atoms with Crippen LogP contribution in [0, 0.1) is 17.8 Å². The van der Waals surface area contributed by atoms with Gasteiger partial charge in [-0.1, -0.05) is 18.6 Å². The van der Waals surface area contributed by atoms with Crippen LogP contribution in [0.25, 0.3) is 16.2 Å². The molecule has 2 fully saturated rings. The van der Waals surface area contributed by atoms with Gasteiger partial charge in [0.2, 0.25) is 5.91 Å². The lowest BCUT2D eigenvalue weighted by atomic mass is 9.65. The zero-order chi connectivity index (χ0) is 18.4. The Bertz CT molecular complexity index is 918. The first-order chi connectivity index (χ1) is 13.2. The van der Waals surface area contributed by atoms with Gasteiger partial charge in [0.15, 0.2) is 4.96 Å². The number of benzene rings is 1. The van der Waals surface area contributed by atoms with Crippen LogP contribution in [0.2, 0.25) is 0 Å². The first-order valence-electron chi connectivity index (χ1n) is 9.76. The summed E-state index contributed by atoms with van der Waals surface area (Å²) in [6.07, 6.45) is 9.54. The molecular formula is C21H24N4OS. The summed E-state index contributed by atoms with van der Waals surface area (Å²) >= 11 is 1.62. The molecule has 2 bridgehead atoms. The predicted molar refractivity (Wildman–Crippen MR) is 109 cm³/mol. The van der Waals surface area contributed by atoms with Crippen LogP contribution in [0.3, 0.4) is 0 Å². The summed E-state index contributed by atoms with van der Waals surface area (Å²) in [6, 6.07) is 8.28. The van der Waals surface area contributed by atoms with E-state index in [1.54, 1.807) is 11.3 Å². The predicted octanol–water partition coefficient (Wildman–Crippen LogP) is 4.15. The van der Waals surface area contributed by atoms with Gasteiger partial charge in [-0.25, -0.2) is 4.98 Å². The van der Waals surface area contributed by atoms with Crippen molar-refractivity contribution in [2.24, 2.45) is 23.5 Å². The lowest BCUT2D eigenvalue weighted by molar-refractivity contribution is -0.122. The Labute approximate surface area is 162 Å². The molecule has 0 aliphatic heterocycles. The Morgan fingerprint density at radius 1 is 1.19 bits per heavy atom. The number of hydrogen-bond donors (Lipinski definition) is 2. The van der Waals surface area contributed by atoms with Gasteiger partial charge in [-0.05, 0) is 49.7 Å². The SMILES string of the molecule is NC1C2CCCC1CC(C(=O)Nc1ccc(-c3cn4ccsc4n3)cc1)C2. The quantitative estimate of drug-likeness (QED) is 0.717. The minimum atomic E-state index is 0.0969. The summed E-state index contributed by atoms with van der Waals surface area (Å²) in [6.45, 7) is 0. The van der Waals surface area contributed by atoms with E-state index in [4.69, 9.17) is 5.73 Å². The van der Waals surface area contributed by atoms with E-state index in [1.807, 2.05) is 46.4 Å². The largest absolute Gasteiger partial charge is 0.327 e. The second kappa shape index (κ2) is 6.77. The summed E-state index contributed by atoms with van der Waals surface area (Å²) in [4.78, 5) is 18.4. The van der Waals surface area contributed by atoms with Crippen molar-refractivity contribution in [3.63, 3.8) is 0 Å². The summed E-state index contributed by atoms with van der Waals surface area (Å²) < 4.78 is 2.03. The smallest absolute Gasteiger partial charge is 0.227 e. The molecule has 1 aromatic carbocycles. The highest BCUT2D eigenvalue weighted by Crippen LogP contribution is 2.42. The Kier molecular flexibility index (Phi) is 4.25. The molecule has 2 atom stereocenters. The number of nitrogens with two attached hydrogens (primary N) is 1. The number of nitrogens with one attached hydrogen (secondary N) is 1. The van der Waals surface area contributed by atoms with Gasteiger partial charge in [0.1, 0.15) is 0 Å². The lowest BCUT2D eigenvalue weighted by Gasteiger charge is -2.43. The number of anilines is 1. The van der Waals surface area contributed by atoms with Crippen LogP contribution in [0.1, 0.15) is 32.1 Å². The highest BCUT2D eigenvalue weighted by molar-refractivity contribution is 7.15. The molecule has 0 saturated heterocycles. The fourth-order valence-corrected chi connectivity index (χ4v) is 5.54. The third-order valence-electron chi connectivity index (χ3n) is 6.33. The normalized spacial score (nSPS) is 27.6. The van der Waals surface area contributed by atoms with Crippen molar-refractivity contribution in [2.45, 2.75) is 38.1 Å². The van der Waals surface area contributed by atoms with Gasteiger partial charge in [0, 0.05) is 41.0 Å². The second-order valence-corrected chi connectivity index (χ2v) is 8.86. The number of thiazole rings is 1. The highest BCUT2D eigenvalue weighted by Gasteiger charge is 2.40. The molecule has 2 aliphatic rings. The van der Waals surface area contributed by atoms with Gasteiger partial charge < -0.3 is 11.1 Å². The van der Waals surface area contributed by atoms with E-state index in [0.717, 1.165) is 34.7 Å².